The van der Waals surface area contributed by atoms with Gasteiger partial charge in [0.25, 0.3) is 0 Å². The second kappa shape index (κ2) is 6.75. The van der Waals surface area contributed by atoms with Gasteiger partial charge in [0.15, 0.2) is 0 Å². The summed E-state index contributed by atoms with van der Waals surface area (Å²) < 4.78 is 11.3. The summed E-state index contributed by atoms with van der Waals surface area (Å²) in [6.45, 7) is 7.12. The number of nitrogens with one attached hydrogen (secondary N) is 2. The zero-order valence-electron chi connectivity index (χ0n) is 13.9. The van der Waals surface area contributed by atoms with Crippen LogP contribution in [-0.4, -0.2) is 41.5 Å². The number of carbonyl (C=O) groups is 1. The van der Waals surface area contributed by atoms with E-state index in [9.17, 15) is 4.79 Å². The molecule has 1 aliphatic carbocycles. The maximum atomic E-state index is 12.1. The molecule has 0 aromatic carbocycles. The highest BCUT2D eigenvalue weighted by atomic mass is 32.1. The first kappa shape index (κ1) is 16.7. The van der Waals surface area contributed by atoms with E-state index < -0.39 is 5.60 Å². The lowest BCUT2D eigenvalue weighted by atomic mass is 9.68. The van der Waals surface area contributed by atoms with Gasteiger partial charge in [-0.2, -0.15) is 0 Å². The van der Waals surface area contributed by atoms with Crippen molar-refractivity contribution in [3.63, 3.8) is 0 Å². The van der Waals surface area contributed by atoms with Crippen LogP contribution in [0, 0.1) is 5.92 Å². The third-order valence-electron chi connectivity index (χ3n) is 4.27. The van der Waals surface area contributed by atoms with Crippen LogP contribution in [0.5, 0.6) is 0 Å². The molecule has 0 spiro atoms. The van der Waals surface area contributed by atoms with Crippen molar-refractivity contribution in [2.75, 3.05) is 6.61 Å². The molecule has 3 rings (SSSR count). The fourth-order valence-electron chi connectivity index (χ4n) is 3.33. The second-order valence-corrected chi connectivity index (χ2v) is 8.13. The summed E-state index contributed by atoms with van der Waals surface area (Å²) in [5.74, 6) is 0.366. The summed E-state index contributed by atoms with van der Waals surface area (Å²) in [5, 5.41) is 9.53. The van der Waals surface area contributed by atoms with Crippen LogP contribution in [0.3, 0.4) is 0 Å². The van der Waals surface area contributed by atoms with Gasteiger partial charge in [0.05, 0.1) is 18.2 Å². The number of fused-ring (bicyclic) bond motifs is 1. The largest absolute Gasteiger partial charge is 0.444 e. The molecule has 2 heterocycles. The van der Waals surface area contributed by atoms with Crippen LogP contribution < -0.4 is 10.6 Å². The Bertz CT molecular complexity index is 529. The van der Waals surface area contributed by atoms with Gasteiger partial charge in [-0.15, -0.1) is 11.3 Å². The molecule has 2 fully saturated rings. The Balaban J connectivity index is 1.59. The number of nitrogens with zero attached hydrogens (tertiary/aromatic N) is 1. The molecule has 6 nitrogen and oxygen atoms in total. The molecule has 0 bridgehead atoms. The molecule has 0 radical (unpaired) electrons. The van der Waals surface area contributed by atoms with E-state index in [4.69, 9.17) is 9.47 Å². The Kier molecular flexibility index (Phi) is 4.89. The maximum Gasteiger partial charge on any atom is 0.407 e. The van der Waals surface area contributed by atoms with E-state index in [1.165, 1.54) is 0 Å². The van der Waals surface area contributed by atoms with Crippen molar-refractivity contribution in [1.29, 1.82) is 0 Å². The van der Waals surface area contributed by atoms with Gasteiger partial charge in [0.2, 0.25) is 0 Å². The summed E-state index contributed by atoms with van der Waals surface area (Å²) in [7, 11) is 0. The first-order chi connectivity index (χ1) is 10.9. The molecule has 1 saturated heterocycles. The van der Waals surface area contributed by atoms with Crippen LogP contribution >= 0.6 is 11.3 Å². The van der Waals surface area contributed by atoms with E-state index in [0.29, 0.717) is 12.5 Å². The maximum absolute atomic E-state index is 12.1. The second-order valence-electron chi connectivity index (χ2n) is 7.15. The molecule has 2 N–H and O–H groups in total. The fourth-order valence-corrected chi connectivity index (χ4v) is 3.90. The monoisotopic (exact) mass is 339 g/mol. The molecule has 1 amide bonds. The molecule has 23 heavy (non-hydrogen) atoms. The third kappa shape index (κ3) is 4.02. The molecule has 1 saturated carbocycles. The predicted octanol–water partition coefficient (Wildman–Crippen LogP) is 2.30. The van der Waals surface area contributed by atoms with E-state index in [1.54, 1.807) is 17.5 Å². The third-order valence-corrected chi connectivity index (χ3v) is 5.05. The number of ether oxygens (including phenoxy) is 2. The summed E-state index contributed by atoms with van der Waals surface area (Å²) in [4.78, 5) is 16.4. The fraction of sp³-hybridized carbons (Fsp3) is 0.750. The van der Waals surface area contributed by atoms with Gasteiger partial charge in [-0.3, -0.25) is 0 Å². The van der Waals surface area contributed by atoms with Crippen LogP contribution in [0.2, 0.25) is 0 Å². The zero-order valence-corrected chi connectivity index (χ0v) is 14.7. The van der Waals surface area contributed by atoms with E-state index in [-0.39, 0.29) is 24.3 Å². The van der Waals surface area contributed by atoms with E-state index in [1.807, 2.05) is 26.2 Å². The number of hydrogen-bond acceptors (Lipinski definition) is 6. The van der Waals surface area contributed by atoms with Crippen LogP contribution in [0.4, 0.5) is 4.79 Å². The Morgan fingerprint density at radius 3 is 3.00 bits per heavy atom. The summed E-state index contributed by atoms with van der Waals surface area (Å²) in [6, 6.07) is 0.159. The van der Waals surface area contributed by atoms with Crippen molar-refractivity contribution in [2.24, 2.45) is 5.92 Å². The van der Waals surface area contributed by atoms with Crippen LogP contribution in [0.25, 0.3) is 0 Å². The van der Waals surface area contributed by atoms with Gasteiger partial charge in [0, 0.05) is 30.6 Å². The first-order valence-corrected chi connectivity index (χ1v) is 9.05. The van der Waals surface area contributed by atoms with Gasteiger partial charge in [-0.25, -0.2) is 9.78 Å². The van der Waals surface area contributed by atoms with Gasteiger partial charge in [-0.1, -0.05) is 0 Å². The molecule has 1 aromatic heterocycles. The van der Waals surface area contributed by atoms with Gasteiger partial charge in [-0.05, 0) is 33.6 Å². The van der Waals surface area contributed by atoms with Crippen LogP contribution in [0.15, 0.2) is 11.6 Å². The van der Waals surface area contributed by atoms with Gasteiger partial charge >= 0.3 is 6.09 Å². The molecule has 1 aromatic rings. The lowest BCUT2D eigenvalue weighted by Crippen LogP contribution is -2.73. The number of amides is 1. The molecular weight excluding hydrogens is 314 g/mol. The van der Waals surface area contributed by atoms with E-state index in [0.717, 1.165) is 24.5 Å². The molecule has 4 unspecified atom stereocenters. The molecular formula is C16H25N3O3S. The normalized spacial score (nSPS) is 30.2. The smallest absolute Gasteiger partial charge is 0.407 e. The minimum absolute atomic E-state index is 0.0510. The number of alkyl carbamates (subject to hydrolysis) is 1. The number of carbonyl (C=O) groups excluding carboxylic acids is 1. The molecule has 128 valence electrons. The number of thiazole rings is 1. The molecule has 2 aliphatic rings. The van der Waals surface area contributed by atoms with Crippen LogP contribution in [-0.2, 0) is 16.0 Å². The molecule has 7 heteroatoms. The molecule has 4 atom stereocenters. The summed E-state index contributed by atoms with van der Waals surface area (Å²) >= 11 is 1.63. The lowest BCUT2D eigenvalue weighted by Gasteiger charge is -2.54. The van der Waals surface area contributed by atoms with Crippen molar-refractivity contribution in [3.8, 4) is 0 Å². The van der Waals surface area contributed by atoms with E-state index >= 15 is 0 Å². The standard InChI is InChI=1S/C16H25N3O3S/c1-16(2,3)22-15(20)19-12-10-5-4-7-21-14(10)13(12)18-9-11-17-6-8-23-11/h6,8,10,12-14,18H,4-5,7,9H2,1-3H3,(H,19,20). The highest BCUT2D eigenvalue weighted by Gasteiger charge is 2.53. The molecule has 1 aliphatic heterocycles. The number of hydrogen-bond donors (Lipinski definition) is 2. The van der Waals surface area contributed by atoms with Gasteiger partial charge < -0.3 is 20.1 Å². The Morgan fingerprint density at radius 1 is 1.48 bits per heavy atom. The minimum Gasteiger partial charge on any atom is -0.444 e. The summed E-state index contributed by atoms with van der Waals surface area (Å²) in [5.41, 5.74) is -0.486. The average molecular weight is 339 g/mol. The van der Waals surface area contributed by atoms with Crippen molar-refractivity contribution >= 4 is 17.4 Å². The minimum atomic E-state index is -0.486. The summed E-state index contributed by atoms with van der Waals surface area (Å²) in [6.07, 6.45) is 3.75. The number of rotatable bonds is 4. The topological polar surface area (TPSA) is 72.5 Å². The Labute approximate surface area is 141 Å². The van der Waals surface area contributed by atoms with Gasteiger partial charge in [0.1, 0.15) is 10.6 Å². The average Bonchev–Trinajstić information content (AvgIpc) is 2.97. The van der Waals surface area contributed by atoms with Crippen molar-refractivity contribution in [2.45, 2.75) is 63.9 Å². The Hall–Kier alpha value is -1.18. The SMILES string of the molecule is CC(C)(C)OC(=O)NC1C2CCCOC2C1NCc1nccs1. The van der Waals surface area contributed by atoms with Crippen LogP contribution in [0.1, 0.15) is 38.6 Å². The van der Waals surface area contributed by atoms with Crippen molar-refractivity contribution in [1.82, 2.24) is 15.6 Å². The highest BCUT2D eigenvalue weighted by Crippen LogP contribution is 2.38. The van der Waals surface area contributed by atoms with Crippen molar-refractivity contribution < 1.29 is 14.3 Å². The number of aromatic nitrogens is 1. The first-order valence-electron chi connectivity index (χ1n) is 8.17. The predicted molar refractivity (Wildman–Crippen MR) is 88.4 cm³/mol. The zero-order chi connectivity index (χ0) is 16.4. The quantitative estimate of drug-likeness (QED) is 0.881. The highest BCUT2D eigenvalue weighted by molar-refractivity contribution is 7.09. The lowest BCUT2D eigenvalue weighted by molar-refractivity contribution is -0.128. The van der Waals surface area contributed by atoms with Crippen molar-refractivity contribution in [3.05, 3.63) is 16.6 Å². The Morgan fingerprint density at radius 2 is 2.30 bits per heavy atom. The van der Waals surface area contributed by atoms with E-state index in [2.05, 4.69) is 15.6 Å².